The molecule has 0 aromatic rings. The molecule has 0 amide bonds. The first-order valence-corrected chi connectivity index (χ1v) is 3.12. The van der Waals surface area contributed by atoms with Crippen LogP contribution in [0.3, 0.4) is 0 Å². The van der Waals surface area contributed by atoms with Crippen molar-refractivity contribution in [2.75, 3.05) is 14.2 Å². The molecule has 0 bridgehead atoms. The Hall–Kier alpha value is -0.830. The number of hydrogen-bond acceptors (Lipinski definition) is 3. The lowest BCUT2D eigenvalue weighted by Gasteiger charge is -2.09. The largest absolute Gasteiger partial charge is 0.468 e. The number of ether oxygens (including phenoxy) is 1. The average Bonchev–Trinajstić information content (AvgIpc) is 1.99. The molecule has 3 nitrogen and oxygen atoms in total. The monoisotopic (exact) mass is 143 g/mol. The average molecular weight is 143 g/mol. The predicted octanol–water partition coefficient (Wildman–Crippen LogP) is 0.323. The molecular weight excluding hydrogens is 130 g/mol. The minimum atomic E-state index is -0.248. The second-order valence-electron chi connectivity index (χ2n) is 1.89. The molecule has 0 radical (unpaired) electrons. The Kier molecular flexibility index (Phi) is 4.58. The molecule has 3 heteroatoms. The zero-order chi connectivity index (χ0) is 7.98. The Bertz CT molecular complexity index is 123. The van der Waals surface area contributed by atoms with Gasteiger partial charge in [0.2, 0.25) is 0 Å². The van der Waals surface area contributed by atoms with Crippen molar-refractivity contribution in [3.05, 3.63) is 12.7 Å². The molecule has 0 aliphatic heterocycles. The molecule has 0 saturated heterocycles. The highest BCUT2D eigenvalue weighted by Gasteiger charge is 2.13. The van der Waals surface area contributed by atoms with Crippen LogP contribution in [-0.4, -0.2) is 26.2 Å². The zero-order valence-electron chi connectivity index (χ0n) is 6.39. The van der Waals surface area contributed by atoms with Crippen LogP contribution in [0.2, 0.25) is 0 Å². The van der Waals surface area contributed by atoms with Crippen molar-refractivity contribution in [2.45, 2.75) is 12.5 Å². The molecule has 0 saturated carbocycles. The smallest absolute Gasteiger partial charge is 0.323 e. The Balaban J connectivity index is 3.79. The van der Waals surface area contributed by atoms with Gasteiger partial charge in [-0.2, -0.15) is 0 Å². The van der Waals surface area contributed by atoms with Gasteiger partial charge in [0.1, 0.15) is 6.04 Å². The molecule has 0 fully saturated rings. The van der Waals surface area contributed by atoms with E-state index in [0.717, 1.165) is 0 Å². The summed E-state index contributed by atoms with van der Waals surface area (Å²) >= 11 is 0. The number of rotatable bonds is 4. The van der Waals surface area contributed by atoms with Crippen LogP contribution >= 0.6 is 0 Å². The molecule has 0 aliphatic rings. The summed E-state index contributed by atoms with van der Waals surface area (Å²) in [4.78, 5) is 10.8. The Labute approximate surface area is 61.1 Å². The fourth-order valence-corrected chi connectivity index (χ4v) is 0.641. The van der Waals surface area contributed by atoms with Crippen LogP contribution in [0.15, 0.2) is 12.7 Å². The molecule has 0 unspecified atom stereocenters. The maximum absolute atomic E-state index is 10.8. The number of carbonyl (C=O) groups is 1. The molecule has 0 spiro atoms. The summed E-state index contributed by atoms with van der Waals surface area (Å²) in [7, 11) is 3.08. The summed E-state index contributed by atoms with van der Waals surface area (Å²) < 4.78 is 4.51. The van der Waals surface area contributed by atoms with Crippen LogP contribution < -0.4 is 5.32 Å². The van der Waals surface area contributed by atoms with E-state index >= 15 is 0 Å². The molecule has 1 N–H and O–H groups in total. The second kappa shape index (κ2) is 4.99. The van der Waals surface area contributed by atoms with Gasteiger partial charge in [0.25, 0.3) is 0 Å². The lowest BCUT2D eigenvalue weighted by atomic mass is 10.2. The number of hydrogen-bond donors (Lipinski definition) is 1. The first-order valence-electron chi connectivity index (χ1n) is 3.12. The molecule has 0 aromatic carbocycles. The van der Waals surface area contributed by atoms with Crippen molar-refractivity contribution in [1.29, 1.82) is 0 Å². The maximum Gasteiger partial charge on any atom is 0.323 e. The number of likely N-dealkylation sites (N-methyl/N-ethyl adjacent to an activating group) is 1. The van der Waals surface area contributed by atoms with Crippen LogP contribution in [-0.2, 0) is 9.53 Å². The van der Waals surface area contributed by atoms with E-state index in [1.807, 2.05) is 0 Å². The third kappa shape index (κ3) is 2.64. The molecule has 0 aliphatic carbocycles. The molecule has 58 valence electrons. The Morgan fingerprint density at radius 2 is 2.50 bits per heavy atom. The first-order chi connectivity index (χ1) is 4.76. The fourth-order valence-electron chi connectivity index (χ4n) is 0.641. The highest BCUT2D eigenvalue weighted by Crippen LogP contribution is 1.93. The molecular formula is C7H13NO2. The van der Waals surface area contributed by atoms with E-state index in [-0.39, 0.29) is 12.0 Å². The van der Waals surface area contributed by atoms with Gasteiger partial charge in [0.05, 0.1) is 7.11 Å². The standard InChI is InChI=1S/C7H13NO2/c1-4-5-6(8-2)7(9)10-3/h4,6,8H,1,5H2,2-3H3/t6-/m1/s1. The Morgan fingerprint density at radius 3 is 2.80 bits per heavy atom. The lowest BCUT2D eigenvalue weighted by Crippen LogP contribution is -2.34. The van der Waals surface area contributed by atoms with Crippen molar-refractivity contribution < 1.29 is 9.53 Å². The van der Waals surface area contributed by atoms with Crippen LogP contribution in [0.1, 0.15) is 6.42 Å². The van der Waals surface area contributed by atoms with Crippen LogP contribution in [0.5, 0.6) is 0 Å². The van der Waals surface area contributed by atoms with Crippen LogP contribution in [0.25, 0.3) is 0 Å². The number of nitrogens with one attached hydrogen (secondary N) is 1. The van der Waals surface area contributed by atoms with E-state index in [1.165, 1.54) is 7.11 Å². The van der Waals surface area contributed by atoms with Gasteiger partial charge in [-0.25, -0.2) is 0 Å². The summed E-state index contributed by atoms with van der Waals surface area (Å²) in [6, 6.07) is -0.248. The highest BCUT2D eigenvalue weighted by atomic mass is 16.5. The molecule has 0 rings (SSSR count). The summed E-state index contributed by atoms with van der Waals surface area (Å²) in [6.45, 7) is 3.52. The molecule has 10 heavy (non-hydrogen) atoms. The van der Waals surface area contributed by atoms with E-state index in [1.54, 1.807) is 13.1 Å². The molecule has 0 aromatic heterocycles. The summed E-state index contributed by atoms with van der Waals surface area (Å²) in [5.41, 5.74) is 0. The van der Waals surface area contributed by atoms with E-state index < -0.39 is 0 Å². The zero-order valence-corrected chi connectivity index (χ0v) is 6.39. The van der Waals surface area contributed by atoms with E-state index in [9.17, 15) is 4.79 Å². The maximum atomic E-state index is 10.8. The summed E-state index contributed by atoms with van der Waals surface area (Å²) in [5.74, 6) is -0.248. The van der Waals surface area contributed by atoms with Gasteiger partial charge < -0.3 is 10.1 Å². The minimum Gasteiger partial charge on any atom is -0.468 e. The van der Waals surface area contributed by atoms with Gasteiger partial charge in [0, 0.05) is 0 Å². The van der Waals surface area contributed by atoms with Crippen molar-refractivity contribution in [3.63, 3.8) is 0 Å². The van der Waals surface area contributed by atoms with Gasteiger partial charge in [-0.3, -0.25) is 4.79 Å². The van der Waals surface area contributed by atoms with E-state index in [2.05, 4.69) is 16.6 Å². The third-order valence-electron chi connectivity index (χ3n) is 1.24. The van der Waals surface area contributed by atoms with Gasteiger partial charge in [-0.05, 0) is 13.5 Å². The fraction of sp³-hybridized carbons (Fsp3) is 0.571. The van der Waals surface area contributed by atoms with Gasteiger partial charge >= 0.3 is 5.97 Å². The lowest BCUT2D eigenvalue weighted by molar-refractivity contribution is -0.142. The topological polar surface area (TPSA) is 38.3 Å². The van der Waals surface area contributed by atoms with Crippen LogP contribution in [0, 0.1) is 0 Å². The van der Waals surface area contributed by atoms with Crippen molar-refractivity contribution in [2.24, 2.45) is 0 Å². The number of carbonyl (C=O) groups excluding carboxylic acids is 1. The van der Waals surface area contributed by atoms with Crippen molar-refractivity contribution >= 4 is 5.97 Å². The Morgan fingerprint density at radius 1 is 1.90 bits per heavy atom. The van der Waals surface area contributed by atoms with Crippen molar-refractivity contribution in [1.82, 2.24) is 5.32 Å². The third-order valence-corrected chi connectivity index (χ3v) is 1.24. The van der Waals surface area contributed by atoms with E-state index in [0.29, 0.717) is 6.42 Å². The molecule has 0 heterocycles. The SMILES string of the molecule is C=CC[C@@H](NC)C(=O)OC. The predicted molar refractivity (Wildman–Crippen MR) is 39.7 cm³/mol. The normalized spacial score (nSPS) is 12.2. The van der Waals surface area contributed by atoms with Gasteiger partial charge in [-0.1, -0.05) is 6.08 Å². The number of methoxy groups -OCH3 is 1. The first kappa shape index (κ1) is 9.17. The van der Waals surface area contributed by atoms with Crippen molar-refractivity contribution in [3.8, 4) is 0 Å². The van der Waals surface area contributed by atoms with Gasteiger partial charge in [-0.15, -0.1) is 6.58 Å². The second-order valence-corrected chi connectivity index (χ2v) is 1.89. The van der Waals surface area contributed by atoms with E-state index in [4.69, 9.17) is 0 Å². The minimum absolute atomic E-state index is 0.248. The highest BCUT2D eigenvalue weighted by molar-refractivity contribution is 5.75. The van der Waals surface area contributed by atoms with Gasteiger partial charge in [0.15, 0.2) is 0 Å². The van der Waals surface area contributed by atoms with Crippen LogP contribution in [0.4, 0.5) is 0 Å². The molecule has 1 atom stereocenters. The summed E-state index contributed by atoms with van der Waals surface area (Å²) in [5, 5.41) is 2.81. The number of esters is 1. The summed E-state index contributed by atoms with van der Waals surface area (Å²) in [6.07, 6.45) is 2.28. The quantitative estimate of drug-likeness (QED) is 0.455.